The molecule has 0 aliphatic carbocycles. The number of benzene rings is 1. The summed E-state index contributed by atoms with van der Waals surface area (Å²) in [6.07, 6.45) is -4.69. The molecule has 0 amide bonds. The van der Waals surface area contributed by atoms with Gasteiger partial charge in [0.25, 0.3) is 0 Å². The third-order valence-corrected chi connectivity index (χ3v) is 4.15. The molecule has 1 aromatic carbocycles. The minimum atomic E-state index is -4.69. The number of halogens is 3. The third-order valence-electron chi connectivity index (χ3n) is 4.15. The highest BCUT2D eigenvalue weighted by atomic mass is 19.4. The summed E-state index contributed by atoms with van der Waals surface area (Å²) in [5, 5.41) is 12.8. The monoisotopic (exact) mass is 395 g/mol. The Hall–Kier alpha value is -3.30. The lowest BCUT2D eigenvalue weighted by molar-refractivity contribution is -0.138. The van der Waals surface area contributed by atoms with Gasteiger partial charge in [0.1, 0.15) is 18.0 Å². The van der Waals surface area contributed by atoms with Gasteiger partial charge >= 0.3 is 12.1 Å². The van der Waals surface area contributed by atoms with E-state index in [1.807, 2.05) is 0 Å². The van der Waals surface area contributed by atoms with Gasteiger partial charge in [-0.15, -0.1) is 0 Å². The van der Waals surface area contributed by atoms with Crippen LogP contribution in [0.4, 0.5) is 13.2 Å². The van der Waals surface area contributed by atoms with Gasteiger partial charge in [0.15, 0.2) is 5.65 Å². The molecule has 7 nitrogen and oxygen atoms in total. The Bertz CT molecular complexity index is 1060. The molecule has 0 aliphatic rings. The average Bonchev–Trinajstić information content (AvgIpc) is 2.94. The molecule has 0 unspecified atom stereocenters. The number of pyridine rings is 1. The molecule has 10 heteroatoms. The van der Waals surface area contributed by atoms with Crippen molar-refractivity contribution in [3.63, 3.8) is 0 Å². The number of fused-ring (bicyclic) bond motifs is 1. The van der Waals surface area contributed by atoms with E-state index < -0.39 is 24.3 Å². The summed E-state index contributed by atoms with van der Waals surface area (Å²) < 4.78 is 52.6. The highest BCUT2D eigenvalue weighted by Crippen LogP contribution is 2.40. The molecular formula is C18H16F3N3O4. The number of aliphatic carboxylic acids is 1. The quantitative estimate of drug-likeness (QED) is 0.711. The van der Waals surface area contributed by atoms with Crippen LogP contribution in [-0.4, -0.2) is 40.1 Å². The van der Waals surface area contributed by atoms with Crippen LogP contribution in [0.5, 0.6) is 11.5 Å². The van der Waals surface area contributed by atoms with Crippen molar-refractivity contribution in [3.8, 4) is 22.8 Å². The highest BCUT2D eigenvalue weighted by molar-refractivity contribution is 5.87. The SMILES string of the molecule is COc1ccc(OC)c(-c2cc(C(F)(F)F)c3c(C)nn(CC(=O)O)c3n2)c1. The molecule has 0 bridgehead atoms. The fourth-order valence-corrected chi connectivity index (χ4v) is 2.97. The Morgan fingerprint density at radius 2 is 1.93 bits per heavy atom. The number of ether oxygens (including phenoxy) is 2. The molecular weight excluding hydrogens is 379 g/mol. The maximum atomic E-state index is 13.8. The van der Waals surface area contributed by atoms with E-state index in [9.17, 15) is 18.0 Å². The van der Waals surface area contributed by atoms with Crippen LogP contribution < -0.4 is 9.47 Å². The van der Waals surface area contributed by atoms with Crippen molar-refractivity contribution in [2.75, 3.05) is 14.2 Å². The summed E-state index contributed by atoms with van der Waals surface area (Å²) in [5.41, 5.74) is -0.849. The first kappa shape index (κ1) is 19.5. The van der Waals surface area contributed by atoms with Crippen molar-refractivity contribution in [1.82, 2.24) is 14.8 Å². The first-order valence-corrected chi connectivity index (χ1v) is 8.05. The molecule has 2 aromatic heterocycles. The van der Waals surface area contributed by atoms with Crippen molar-refractivity contribution >= 4 is 17.0 Å². The summed E-state index contributed by atoms with van der Waals surface area (Å²) in [6, 6.07) is 5.55. The number of alkyl halides is 3. The number of aromatic nitrogens is 3. The molecule has 1 N–H and O–H groups in total. The van der Waals surface area contributed by atoms with Crippen molar-refractivity contribution in [3.05, 3.63) is 35.5 Å². The van der Waals surface area contributed by atoms with Crippen LogP contribution >= 0.6 is 0 Å². The molecule has 3 aromatic rings. The summed E-state index contributed by atoms with van der Waals surface area (Å²) >= 11 is 0. The van der Waals surface area contributed by atoms with E-state index in [0.717, 1.165) is 10.7 Å². The zero-order valence-corrected chi connectivity index (χ0v) is 15.2. The van der Waals surface area contributed by atoms with E-state index in [0.29, 0.717) is 11.5 Å². The fraction of sp³-hybridized carbons (Fsp3) is 0.278. The molecule has 0 atom stereocenters. The number of carboxylic acids is 1. The van der Waals surface area contributed by atoms with Crippen molar-refractivity contribution in [1.29, 1.82) is 0 Å². The lowest BCUT2D eigenvalue weighted by atomic mass is 10.0. The topological polar surface area (TPSA) is 86.5 Å². The lowest BCUT2D eigenvalue weighted by Gasteiger charge is -2.14. The number of hydrogen-bond acceptors (Lipinski definition) is 5. The molecule has 0 radical (unpaired) electrons. The Morgan fingerprint density at radius 3 is 2.50 bits per heavy atom. The second kappa shape index (κ2) is 7.02. The molecule has 0 saturated heterocycles. The second-order valence-electron chi connectivity index (χ2n) is 5.95. The fourth-order valence-electron chi connectivity index (χ4n) is 2.97. The van der Waals surface area contributed by atoms with E-state index in [1.165, 1.54) is 27.2 Å². The number of methoxy groups -OCH3 is 2. The van der Waals surface area contributed by atoms with E-state index in [-0.39, 0.29) is 28.0 Å². The van der Waals surface area contributed by atoms with Crippen LogP contribution in [0.3, 0.4) is 0 Å². The Kier molecular flexibility index (Phi) is 4.88. The smallest absolute Gasteiger partial charge is 0.417 e. The van der Waals surface area contributed by atoms with E-state index in [1.54, 1.807) is 12.1 Å². The molecule has 2 heterocycles. The minimum absolute atomic E-state index is 0.0397. The second-order valence-corrected chi connectivity index (χ2v) is 5.95. The predicted molar refractivity (Wildman–Crippen MR) is 93.4 cm³/mol. The van der Waals surface area contributed by atoms with Gasteiger partial charge in [-0.25, -0.2) is 9.67 Å². The van der Waals surface area contributed by atoms with Crippen LogP contribution in [0.15, 0.2) is 24.3 Å². The van der Waals surface area contributed by atoms with E-state index in [2.05, 4.69) is 10.1 Å². The van der Waals surface area contributed by atoms with Gasteiger partial charge in [-0.2, -0.15) is 18.3 Å². The van der Waals surface area contributed by atoms with Crippen LogP contribution in [0.25, 0.3) is 22.3 Å². The summed E-state index contributed by atoms with van der Waals surface area (Å²) in [5.74, 6) is -0.549. The Labute approximate surface area is 157 Å². The molecule has 28 heavy (non-hydrogen) atoms. The molecule has 0 aliphatic heterocycles. The zero-order chi connectivity index (χ0) is 20.6. The van der Waals surface area contributed by atoms with Gasteiger partial charge in [0.05, 0.1) is 36.6 Å². The average molecular weight is 395 g/mol. The van der Waals surface area contributed by atoms with Crippen LogP contribution in [0.2, 0.25) is 0 Å². The van der Waals surface area contributed by atoms with Gasteiger partial charge in [-0.05, 0) is 31.2 Å². The van der Waals surface area contributed by atoms with Crippen molar-refractivity contribution < 1.29 is 32.5 Å². The summed E-state index contributed by atoms with van der Waals surface area (Å²) in [6.45, 7) is 0.761. The molecule has 148 valence electrons. The Morgan fingerprint density at radius 1 is 1.21 bits per heavy atom. The number of hydrogen-bond donors (Lipinski definition) is 1. The third kappa shape index (κ3) is 3.45. The molecule has 0 spiro atoms. The lowest BCUT2D eigenvalue weighted by Crippen LogP contribution is -2.12. The van der Waals surface area contributed by atoms with Crippen molar-refractivity contribution in [2.24, 2.45) is 0 Å². The normalized spacial score (nSPS) is 11.6. The van der Waals surface area contributed by atoms with Gasteiger partial charge < -0.3 is 14.6 Å². The standard InChI is InChI=1S/C18H16F3N3O4/c1-9-16-12(18(19,20)21)7-13(22-17(16)24(23-9)8-15(25)26)11-6-10(27-2)4-5-14(11)28-3/h4-7H,8H2,1-3H3,(H,25,26). The molecule has 0 fully saturated rings. The van der Waals surface area contributed by atoms with Gasteiger partial charge in [-0.1, -0.05) is 0 Å². The van der Waals surface area contributed by atoms with E-state index >= 15 is 0 Å². The maximum absolute atomic E-state index is 13.8. The van der Waals surface area contributed by atoms with Gasteiger partial charge in [0, 0.05) is 5.56 Å². The zero-order valence-electron chi connectivity index (χ0n) is 15.2. The molecule has 3 rings (SSSR count). The van der Waals surface area contributed by atoms with Crippen LogP contribution in [0, 0.1) is 6.92 Å². The maximum Gasteiger partial charge on any atom is 0.417 e. The van der Waals surface area contributed by atoms with Gasteiger partial charge in [-0.3, -0.25) is 4.79 Å². The van der Waals surface area contributed by atoms with Crippen LogP contribution in [0.1, 0.15) is 11.3 Å². The van der Waals surface area contributed by atoms with Gasteiger partial charge in [0.2, 0.25) is 0 Å². The number of rotatable bonds is 5. The van der Waals surface area contributed by atoms with Crippen LogP contribution in [-0.2, 0) is 17.5 Å². The predicted octanol–water partition coefficient (Wildman–Crippen LogP) is 3.53. The highest BCUT2D eigenvalue weighted by Gasteiger charge is 2.36. The van der Waals surface area contributed by atoms with E-state index in [4.69, 9.17) is 14.6 Å². The number of nitrogens with zero attached hydrogens (tertiary/aromatic N) is 3. The van der Waals surface area contributed by atoms with Crippen molar-refractivity contribution in [2.45, 2.75) is 19.6 Å². The number of carbonyl (C=O) groups is 1. The number of aryl methyl sites for hydroxylation is 1. The summed E-state index contributed by atoms with van der Waals surface area (Å²) in [7, 11) is 2.81. The Balaban J connectivity index is 2.38. The summed E-state index contributed by atoms with van der Waals surface area (Å²) in [4.78, 5) is 15.4. The minimum Gasteiger partial charge on any atom is -0.497 e. The largest absolute Gasteiger partial charge is 0.497 e. The molecule has 0 saturated carbocycles. The first-order chi connectivity index (χ1) is 13.2. The number of carboxylic acid groups (broad SMARTS) is 1. The first-order valence-electron chi connectivity index (χ1n) is 8.05.